The maximum atomic E-state index is 11.8. The monoisotopic (exact) mass is 260 g/mol. The van der Waals surface area contributed by atoms with Gasteiger partial charge in [-0.3, -0.25) is 0 Å². The van der Waals surface area contributed by atoms with Crippen molar-refractivity contribution in [1.82, 2.24) is 14.8 Å². The third kappa shape index (κ3) is 2.35. The van der Waals surface area contributed by atoms with Crippen molar-refractivity contribution in [3.8, 4) is 0 Å². The zero-order chi connectivity index (χ0) is 13.4. The van der Waals surface area contributed by atoms with Gasteiger partial charge in [0.15, 0.2) is 15.7 Å². The fourth-order valence-electron chi connectivity index (χ4n) is 1.58. The maximum absolute atomic E-state index is 11.8. The van der Waals surface area contributed by atoms with Crippen LogP contribution in [0.3, 0.4) is 0 Å². The summed E-state index contributed by atoms with van der Waals surface area (Å²) in [6, 6.07) is 0.0691. The number of aromatic nitrogens is 3. The molecule has 0 aliphatic carbocycles. The Kier molecular flexibility index (Phi) is 3.63. The Morgan fingerprint density at radius 1 is 1.35 bits per heavy atom. The molecule has 0 atom stereocenters. The summed E-state index contributed by atoms with van der Waals surface area (Å²) in [6.07, 6.45) is 1.20. The van der Waals surface area contributed by atoms with Crippen molar-refractivity contribution in [3.05, 3.63) is 11.6 Å². The Bertz CT molecular complexity index is 502. The highest BCUT2D eigenvalue weighted by molar-refractivity contribution is 7.91. The van der Waals surface area contributed by atoms with E-state index in [0.29, 0.717) is 11.6 Å². The van der Waals surface area contributed by atoms with Crippen molar-refractivity contribution in [1.29, 1.82) is 0 Å². The molecular weight excluding hydrogens is 240 g/mol. The van der Waals surface area contributed by atoms with E-state index < -0.39 is 14.6 Å². The molecule has 1 heterocycles. The predicted octanol–water partition coefficient (Wildman–Crippen LogP) is 0.597. The Labute approximate surface area is 102 Å². The highest BCUT2D eigenvalue weighted by Gasteiger charge is 2.38. The van der Waals surface area contributed by atoms with Crippen LogP contribution in [0.5, 0.6) is 0 Å². The van der Waals surface area contributed by atoms with E-state index in [-0.39, 0.29) is 12.6 Å². The van der Waals surface area contributed by atoms with Gasteiger partial charge in [0.05, 0.1) is 6.54 Å². The minimum Gasteiger partial charge on any atom is -0.324 e. The van der Waals surface area contributed by atoms with Crippen LogP contribution in [0.2, 0.25) is 0 Å². The molecule has 0 bridgehead atoms. The van der Waals surface area contributed by atoms with Crippen LogP contribution in [0.15, 0.2) is 0 Å². The molecule has 1 aromatic rings. The summed E-state index contributed by atoms with van der Waals surface area (Å²) in [5.41, 5.74) is 5.58. The van der Waals surface area contributed by atoms with Crippen LogP contribution in [0.4, 0.5) is 0 Å². The molecule has 17 heavy (non-hydrogen) atoms. The van der Waals surface area contributed by atoms with Gasteiger partial charge in [-0.15, -0.1) is 10.2 Å². The van der Waals surface area contributed by atoms with Gasteiger partial charge in [0.25, 0.3) is 0 Å². The van der Waals surface area contributed by atoms with Gasteiger partial charge in [0.2, 0.25) is 0 Å². The lowest BCUT2D eigenvalue weighted by molar-refractivity contribution is 0.492. The lowest BCUT2D eigenvalue weighted by Gasteiger charge is -2.24. The second kappa shape index (κ2) is 4.38. The first-order valence-corrected chi connectivity index (χ1v) is 7.36. The van der Waals surface area contributed by atoms with Crippen LogP contribution in [-0.4, -0.2) is 29.4 Å². The molecule has 0 aliphatic heterocycles. The molecule has 2 N–H and O–H groups in total. The molecule has 1 aromatic heterocycles. The van der Waals surface area contributed by atoms with E-state index in [1.165, 1.54) is 6.26 Å². The second-order valence-electron chi connectivity index (χ2n) is 4.89. The van der Waals surface area contributed by atoms with Gasteiger partial charge < -0.3 is 10.3 Å². The van der Waals surface area contributed by atoms with Crippen molar-refractivity contribution < 1.29 is 8.42 Å². The summed E-state index contributed by atoms with van der Waals surface area (Å²) in [7, 11) is -3.27. The highest BCUT2D eigenvalue weighted by Crippen LogP contribution is 2.29. The van der Waals surface area contributed by atoms with E-state index in [2.05, 4.69) is 10.2 Å². The Morgan fingerprint density at radius 2 is 1.88 bits per heavy atom. The molecule has 0 unspecified atom stereocenters. The van der Waals surface area contributed by atoms with Crippen LogP contribution in [0.25, 0.3) is 0 Å². The smallest absolute Gasteiger partial charge is 0.159 e. The van der Waals surface area contributed by atoms with Gasteiger partial charge in [-0.2, -0.15) is 0 Å². The molecule has 1 rings (SSSR count). The van der Waals surface area contributed by atoms with Crippen LogP contribution >= 0.6 is 0 Å². The molecular formula is C10H20N4O2S. The molecule has 0 amide bonds. The van der Waals surface area contributed by atoms with Crippen molar-refractivity contribution >= 4 is 9.84 Å². The summed E-state index contributed by atoms with van der Waals surface area (Å²) >= 11 is 0. The Morgan fingerprint density at radius 3 is 2.24 bits per heavy atom. The maximum Gasteiger partial charge on any atom is 0.159 e. The third-order valence-corrected chi connectivity index (χ3v) is 4.97. The lowest BCUT2D eigenvalue weighted by atomic mass is 10.2. The summed E-state index contributed by atoms with van der Waals surface area (Å²) in [5, 5.41) is 7.96. The van der Waals surface area contributed by atoms with Crippen molar-refractivity contribution in [2.45, 2.75) is 45.0 Å². The molecule has 0 saturated heterocycles. The average molecular weight is 260 g/mol. The van der Waals surface area contributed by atoms with Crippen molar-refractivity contribution in [2.24, 2.45) is 5.73 Å². The zero-order valence-electron chi connectivity index (χ0n) is 10.9. The molecule has 7 heteroatoms. The number of nitrogens with zero attached hydrogens (tertiary/aromatic N) is 3. The minimum atomic E-state index is -3.27. The molecule has 0 spiro atoms. The first kappa shape index (κ1) is 14.1. The van der Waals surface area contributed by atoms with E-state index in [0.717, 1.165) is 0 Å². The fraction of sp³-hybridized carbons (Fsp3) is 0.800. The topological polar surface area (TPSA) is 90.9 Å². The summed E-state index contributed by atoms with van der Waals surface area (Å²) in [6.45, 7) is 7.40. The van der Waals surface area contributed by atoms with E-state index >= 15 is 0 Å². The number of hydrogen-bond donors (Lipinski definition) is 1. The van der Waals surface area contributed by atoms with Gasteiger partial charge >= 0.3 is 0 Å². The zero-order valence-corrected chi connectivity index (χ0v) is 11.7. The molecule has 0 fully saturated rings. The number of nitrogens with two attached hydrogens (primary N) is 1. The number of sulfone groups is 1. The SMILES string of the molecule is CC(C)n1c(CN)nnc1C(C)(C)S(C)(=O)=O. The van der Waals surface area contributed by atoms with Gasteiger partial charge in [0, 0.05) is 12.3 Å². The average Bonchev–Trinajstić information content (AvgIpc) is 2.59. The lowest BCUT2D eigenvalue weighted by Crippen LogP contribution is -2.32. The summed E-state index contributed by atoms with van der Waals surface area (Å²) < 4.78 is 24.3. The quantitative estimate of drug-likeness (QED) is 0.856. The Balaban J connectivity index is 3.48. The number of rotatable bonds is 4. The van der Waals surface area contributed by atoms with E-state index in [4.69, 9.17) is 5.73 Å². The summed E-state index contributed by atoms with van der Waals surface area (Å²) in [5.74, 6) is 1.04. The van der Waals surface area contributed by atoms with Crippen molar-refractivity contribution in [3.63, 3.8) is 0 Å². The third-order valence-electron chi connectivity index (χ3n) is 2.93. The second-order valence-corrected chi connectivity index (χ2v) is 7.46. The van der Waals surface area contributed by atoms with Gasteiger partial charge in [0.1, 0.15) is 10.6 Å². The predicted molar refractivity (Wildman–Crippen MR) is 66.2 cm³/mol. The normalized spacial score (nSPS) is 13.4. The molecule has 0 saturated carbocycles. The minimum absolute atomic E-state index is 0.0691. The highest BCUT2D eigenvalue weighted by atomic mass is 32.2. The van der Waals surface area contributed by atoms with Crippen molar-refractivity contribution in [2.75, 3.05) is 6.26 Å². The van der Waals surface area contributed by atoms with E-state index in [1.54, 1.807) is 18.4 Å². The van der Waals surface area contributed by atoms with E-state index in [1.807, 2.05) is 13.8 Å². The number of hydrogen-bond acceptors (Lipinski definition) is 5. The first-order chi connectivity index (χ1) is 7.63. The molecule has 0 aliphatic rings. The van der Waals surface area contributed by atoms with Gasteiger partial charge in [-0.1, -0.05) is 0 Å². The van der Waals surface area contributed by atoms with Gasteiger partial charge in [-0.05, 0) is 27.7 Å². The van der Waals surface area contributed by atoms with Crippen LogP contribution < -0.4 is 5.73 Å². The Hall–Kier alpha value is -0.950. The summed E-state index contributed by atoms with van der Waals surface area (Å²) in [4.78, 5) is 0. The molecule has 98 valence electrons. The molecule has 6 nitrogen and oxygen atoms in total. The van der Waals surface area contributed by atoms with Crippen LogP contribution in [0.1, 0.15) is 45.4 Å². The van der Waals surface area contributed by atoms with Gasteiger partial charge in [-0.25, -0.2) is 8.42 Å². The molecule has 0 aromatic carbocycles. The largest absolute Gasteiger partial charge is 0.324 e. The first-order valence-electron chi connectivity index (χ1n) is 5.46. The standard InChI is InChI=1S/C10H20N4O2S/c1-7(2)14-8(6-11)12-13-9(14)10(3,4)17(5,15)16/h7H,6,11H2,1-5H3. The van der Waals surface area contributed by atoms with E-state index in [9.17, 15) is 8.42 Å². The van der Waals surface area contributed by atoms with Crippen LogP contribution in [0, 0.1) is 0 Å². The fourth-order valence-corrected chi connectivity index (χ4v) is 2.05. The van der Waals surface area contributed by atoms with Crippen LogP contribution in [-0.2, 0) is 21.1 Å². The molecule has 0 radical (unpaired) electrons.